The Labute approximate surface area is 98.7 Å². The molecule has 0 unspecified atom stereocenters. The number of aromatic amines is 2. The normalized spacial score (nSPS) is 10.7. The van der Waals surface area contributed by atoms with Crippen molar-refractivity contribution in [2.24, 2.45) is 0 Å². The summed E-state index contributed by atoms with van der Waals surface area (Å²) in [5.74, 6) is 0.615. The average Bonchev–Trinajstić information content (AvgIpc) is 2.87. The molecule has 0 saturated carbocycles. The molecule has 90 valence electrons. The predicted octanol–water partition coefficient (Wildman–Crippen LogP) is 0.343. The molecular formula is C10H7N5O3. The van der Waals surface area contributed by atoms with E-state index in [0.29, 0.717) is 5.88 Å². The summed E-state index contributed by atoms with van der Waals surface area (Å²) in [4.78, 5) is 30.8. The number of anilines is 2. The van der Waals surface area contributed by atoms with Crippen LogP contribution in [0.5, 0.6) is 0 Å². The van der Waals surface area contributed by atoms with Gasteiger partial charge in [0.15, 0.2) is 5.88 Å². The van der Waals surface area contributed by atoms with Crippen LogP contribution in [0, 0.1) is 0 Å². The van der Waals surface area contributed by atoms with Gasteiger partial charge in [0.2, 0.25) is 5.95 Å². The highest BCUT2D eigenvalue weighted by molar-refractivity contribution is 5.76. The summed E-state index contributed by atoms with van der Waals surface area (Å²) < 4.78 is 5.06. The van der Waals surface area contributed by atoms with Gasteiger partial charge >= 0.3 is 0 Å². The molecule has 8 nitrogen and oxygen atoms in total. The lowest BCUT2D eigenvalue weighted by molar-refractivity contribution is 0.584. The molecule has 8 heteroatoms. The lowest BCUT2D eigenvalue weighted by atomic mass is 10.3. The number of nitrogens with one attached hydrogen (secondary N) is 3. The summed E-state index contributed by atoms with van der Waals surface area (Å²) in [6.45, 7) is 0. The second-order valence-electron chi connectivity index (χ2n) is 3.47. The summed E-state index contributed by atoms with van der Waals surface area (Å²) in [5, 5.41) is 7.29. The first-order valence-electron chi connectivity index (χ1n) is 5.02. The molecule has 18 heavy (non-hydrogen) atoms. The first kappa shape index (κ1) is 10.3. The number of hydrogen-bond donors (Lipinski definition) is 3. The van der Waals surface area contributed by atoms with E-state index in [9.17, 15) is 9.59 Å². The molecule has 3 N–H and O–H groups in total. The minimum absolute atomic E-state index is 0.0165. The number of rotatable bonds is 2. The van der Waals surface area contributed by atoms with Crippen LogP contribution < -0.4 is 16.4 Å². The Kier molecular flexibility index (Phi) is 2.19. The molecule has 0 saturated heterocycles. The van der Waals surface area contributed by atoms with Crippen LogP contribution in [0.1, 0.15) is 0 Å². The van der Waals surface area contributed by atoms with Gasteiger partial charge in [-0.05, 0) is 6.07 Å². The van der Waals surface area contributed by atoms with E-state index >= 15 is 0 Å². The van der Waals surface area contributed by atoms with Crippen molar-refractivity contribution in [3.8, 4) is 0 Å². The van der Waals surface area contributed by atoms with Crippen LogP contribution in [0.3, 0.4) is 0 Å². The molecule has 0 bridgehead atoms. The zero-order valence-electron chi connectivity index (χ0n) is 8.93. The Morgan fingerprint density at radius 1 is 1.22 bits per heavy atom. The molecule has 0 fully saturated rings. The number of furan rings is 1. The zero-order valence-corrected chi connectivity index (χ0v) is 8.93. The van der Waals surface area contributed by atoms with Gasteiger partial charge in [0.25, 0.3) is 11.1 Å². The van der Waals surface area contributed by atoms with Gasteiger partial charge in [0.05, 0.1) is 11.6 Å². The summed E-state index contributed by atoms with van der Waals surface area (Å²) in [7, 11) is 0. The number of nitrogens with zero attached hydrogens (tertiary/aromatic N) is 2. The maximum Gasteiger partial charge on any atom is 0.289 e. The maximum absolute atomic E-state index is 11.5. The van der Waals surface area contributed by atoms with Crippen molar-refractivity contribution < 1.29 is 4.42 Å². The molecule has 3 aromatic heterocycles. The van der Waals surface area contributed by atoms with Crippen LogP contribution in [-0.2, 0) is 0 Å². The molecule has 0 amide bonds. The summed E-state index contributed by atoms with van der Waals surface area (Å²) in [5.41, 5.74) is -0.925. The molecular weight excluding hydrogens is 238 g/mol. The highest BCUT2D eigenvalue weighted by Crippen LogP contribution is 2.13. The summed E-state index contributed by atoms with van der Waals surface area (Å²) >= 11 is 0. The minimum atomic E-state index is -0.491. The van der Waals surface area contributed by atoms with E-state index in [2.05, 4.69) is 25.5 Å². The third-order valence-electron chi connectivity index (χ3n) is 2.29. The molecule has 0 spiro atoms. The lowest BCUT2D eigenvalue weighted by Crippen LogP contribution is -2.20. The quantitative estimate of drug-likeness (QED) is 0.599. The molecule has 0 aromatic carbocycles. The van der Waals surface area contributed by atoms with E-state index in [0.717, 1.165) is 0 Å². The van der Waals surface area contributed by atoms with Crippen LogP contribution in [0.2, 0.25) is 0 Å². The van der Waals surface area contributed by atoms with Gasteiger partial charge < -0.3 is 4.42 Å². The van der Waals surface area contributed by atoms with Crippen molar-refractivity contribution in [2.75, 3.05) is 5.32 Å². The van der Waals surface area contributed by atoms with Crippen LogP contribution >= 0.6 is 0 Å². The second-order valence-corrected chi connectivity index (χ2v) is 3.47. The predicted molar refractivity (Wildman–Crippen MR) is 62.8 cm³/mol. The molecule has 3 rings (SSSR count). The molecule has 0 atom stereocenters. The summed E-state index contributed by atoms with van der Waals surface area (Å²) in [6, 6.07) is 3.37. The average molecular weight is 245 g/mol. The van der Waals surface area contributed by atoms with Gasteiger partial charge in [-0.1, -0.05) is 0 Å². The fourth-order valence-corrected chi connectivity index (χ4v) is 1.48. The second kappa shape index (κ2) is 3.84. The van der Waals surface area contributed by atoms with E-state index in [-0.39, 0.29) is 16.9 Å². The lowest BCUT2D eigenvalue weighted by Gasteiger charge is -2.01. The monoisotopic (exact) mass is 245 g/mol. The smallest absolute Gasteiger partial charge is 0.289 e. The Balaban J connectivity index is 2.14. The molecule has 3 aromatic rings. The molecule has 3 heterocycles. The van der Waals surface area contributed by atoms with Gasteiger partial charge in [-0.2, -0.15) is 0 Å². The number of H-pyrrole nitrogens is 2. The first-order chi connectivity index (χ1) is 8.74. The molecule has 0 aliphatic rings. The molecule has 0 radical (unpaired) electrons. The van der Waals surface area contributed by atoms with Gasteiger partial charge in [-0.25, -0.2) is 9.97 Å². The van der Waals surface area contributed by atoms with E-state index in [1.54, 1.807) is 12.1 Å². The minimum Gasteiger partial charge on any atom is -0.449 e. The zero-order chi connectivity index (χ0) is 12.5. The Bertz CT molecular complexity index is 802. The van der Waals surface area contributed by atoms with Crippen molar-refractivity contribution >= 4 is 22.7 Å². The van der Waals surface area contributed by atoms with E-state index in [1.807, 2.05) is 0 Å². The van der Waals surface area contributed by atoms with Crippen LogP contribution in [-0.4, -0.2) is 20.2 Å². The largest absolute Gasteiger partial charge is 0.449 e. The van der Waals surface area contributed by atoms with Crippen molar-refractivity contribution in [3.05, 3.63) is 45.3 Å². The van der Waals surface area contributed by atoms with Crippen molar-refractivity contribution in [2.45, 2.75) is 0 Å². The van der Waals surface area contributed by atoms with Crippen molar-refractivity contribution in [3.63, 3.8) is 0 Å². The number of aromatic nitrogens is 4. The first-order valence-corrected chi connectivity index (χ1v) is 5.02. The van der Waals surface area contributed by atoms with Crippen molar-refractivity contribution in [1.82, 2.24) is 20.2 Å². The number of fused-ring (bicyclic) bond motifs is 1. The Morgan fingerprint density at radius 3 is 2.83 bits per heavy atom. The van der Waals surface area contributed by atoms with Crippen LogP contribution in [0.25, 0.3) is 10.9 Å². The van der Waals surface area contributed by atoms with Crippen LogP contribution in [0.15, 0.2) is 38.6 Å². The van der Waals surface area contributed by atoms with Gasteiger partial charge in [-0.3, -0.25) is 25.1 Å². The van der Waals surface area contributed by atoms with E-state index in [4.69, 9.17) is 4.42 Å². The third-order valence-corrected chi connectivity index (χ3v) is 2.29. The number of hydrogen-bond acceptors (Lipinski definition) is 6. The third kappa shape index (κ3) is 1.65. The van der Waals surface area contributed by atoms with Crippen LogP contribution in [0.4, 0.5) is 11.8 Å². The Morgan fingerprint density at radius 2 is 2.06 bits per heavy atom. The summed E-state index contributed by atoms with van der Waals surface area (Å²) in [6.07, 6.45) is 2.77. The SMILES string of the molecule is O=c1[nH][nH]c(=O)c2nc(Nc3ccco3)ncc12. The highest BCUT2D eigenvalue weighted by Gasteiger charge is 2.07. The topological polar surface area (TPSA) is 117 Å². The van der Waals surface area contributed by atoms with Gasteiger partial charge in [0, 0.05) is 12.3 Å². The Hall–Kier alpha value is -2.90. The standard InChI is InChI=1S/C10H7N5O3/c16-8-5-4-11-10(12-6-2-1-3-18-6)13-7(5)9(17)15-14-8/h1-4H,(H,14,16)(H,15,17)(H,11,12,13). The van der Waals surface area contributed by atoms with Crippen molar-refractivity contribution in [1.29, 1.82) is 0 Å². The fraction of sp³-hybridized carbons (Fsp3) is 0. The van der Waals surface area contributed by atoms with Gasteiger partial charge in [0.1, 0.15) is 5.52 Å². The van der Waals surface area contributed by atoms with E-state index in [1.165, 1.54) is 12.5 Å². The van der Waals surface area contributed by atoms with Gasteiger partial charge in [-0.15, -0.1) is 0 Å². The highest BCUT2D eigenvalue weighted by atomic mass is 16.3. The molecule has 0 aliphatic carbocycles. The van der Waals surface area contributed by atoms with E-state index < -0.39 is 11.1 Å². The maximum atomic E-state index is 11.5. The fourth-order valence-electron chi connectivity index (χ4n) is 1.48. The molecule has 0 aliphatic heterocycles.